The minimum Gasteiger partial charge on any atom is -0.495 e. The molecule has 0 unspecified atom stereocenters. The number of para-hydroxylation sites is 2. The number of benzene rings is 2. The number of nitrogens with one attached hydrogen (secondary N) is 2. The van der Waals surface area contributed by atoms with E-state index < -0.39 is 10.0 Å². The number of aromatic nitrogens is 3. The summed E-state index contributed by atoms with van der Waals surface area (Å²) in [6.07, 6.45) is 2.74. The molecule has 1 saturated heterocycles. The van der Waals surface area contributed by atoms with Crippen LogP contribution in [0, 0.1) is 0 Å². The van der Waals surface area contributed by atoms with Gasteiger partial charge in [0.1, 0.15) is 23.6 Å². The molecule has 2 aromatic carbocycles. The van der Waals surface area contributed by atoms with Crippen LogP contribution >= 0.6 is 11.3 Å². The van der Waals surface area contributed by atoms with E-state index in [9.17, 15) is 13.2 Å². The van der Waals surface area contributed by atoms with Gasteiger partial charge in [-0.05, 0) is 42.5 Å². The predicted octanol–water partition coefficient (Wildman–Crippen LogP) is 3.45. The zero-order valence-corrected chi connectivity index (χ0v) is 22.1. The first-order chi connectivity index (χ1) is 18.4. The van der Waals surface area contributed by atoms with E-state index in [-0.39, 0.29) is 16.6 Å². The normalized spacial score (nSPS) is 13.7. The fourth-order valence-corrected chi connectivity index (χ4v) is 5.71. The highest BCUT2D eigenvalue weighted by atomic mass is 32.2. The number of carbonyl (C=O) groups excluding carboxylic acids is 1. The van der Waals surface area contributed by atoms with Gasteiger partial charge in [0, 0.05) is 43.4 Å². The molecule has 1 fully saturated rings. The van der Waals surface area contributed by atoms with E-state index in [2.05, 4.69) is 29.9 Å². The number of carbonyl (C=O) groups is 1. The summed E-state index contributed by atoms with van der Waals surface area (Å²) in [5.74, 6) is 0.776. The van der Waals surface area contributed by atoms with Crippen LogP contribution in [0.2, 0.25) is 0 Å². The van der Waals surface area contributed by atoms with E-state index in [0.717, 1.165) is 11.4 Å². The van der Waals surface area contributed by atoms with Crippen LogP contribution in [0.3, 0.4) is 0 Å². The van der Waals surface area contributed by atoms with E-state index >= 15 is 0 Å². The van der Waals surface area contributed by atoms with Crippen LogP contribution in [0.15, 0.2) is 77.4 Å². The Morgan fingerprint density at radius 3 is 2.50 bits per heavy atom. The number of anilines is 4. The largest absolute Gasteiger partial charge is 0.495 e. The van der Waals surface area contributed by atoms with E-state index in [1.54, 1.807) is 41.7 Å². The molecule has 0 radical (unpaired) electrons. The first-order valence-corrected chi connectivity index (χ1v) is 14.1. The Labute approximate surface area is 224 Å². The lowest BCUT2D eigenvalue weighted by atomic mass is 10.2. The molecule has 1 aliphatic heterocycles. The minimum atomic E-state index is -3.76. The van der Waals surface area contributed by atoms with Crippen molar-refractivity contribution in [1.29, 1.82) is 0 Å². The van der Waals surface area contributed by atoms with Gasteiger partial charge >= 0.3 is 0 Å². The molecule has 1 aliphatic rings. The summed E-state index contributed by atoms with van der Waals surface area (Å²) in [7, 11) is -2.16. The SMILES string of the molecule is COc1ccccc1Nc1nc(C(=O)N2CCN(c3ccc(S(=O)(=O)Nc4ccncn4)cc3)CC2)cs1. The molecule has 1 amide bonds. The van der Waals surface area contributed by atoms with Crippen LogP contribution in [-0.4, -0.2) is 67.5 Å². The zero-order chi connectivity index (χ0) is 26.5. The lowest BCUT2D eigenvalue weighted by molar-refractivity contribution is 0.0742. The Morgan fingerprint density at radius 2 is 1.79 bits per heavy atom. The molecule has 13 heteroatoms. The lowest BCUT2D eigenvalue weighted by Crippen LogP contribution is -2.48. The number of methoxy groups -OCH3 is 1. The molecular formula is C25H25N7O4S2. The summed E-state index contributed by atoms with van der Waals surface area (Å²) in [5.41, 5.74) is 2.06. The van der Waals surface area contributed by atoms with E-state index in [4.69, 9.17) is 4.74 Å². The second-order valence-corrected chi connectivity index (χ2v) is 10.9. The van der Waals surface area contributed by atoms with Gasteiger partial charge in [0.25, 0.3) is 15.9 Å². The van der Waals surface area contributed by atoms with Crippen molar-refractivity contribution in [2.45, 2.75) is 4.90 Å². The minimum absolute atomic E-state index is 0.119. The number of hydrogen-bond donors (Lipinski definition) is 2. The summed E-state index contributed by atoms with van der Waals surface area (Å²) in [6.45, 7) is 2.29. The van der Waals surface area contributed by atoms with Gasteiger partial charge in [-0.2, -0.15) is 0 Å². The summed E-state index contributed by atoms with van der Waals surface area (Å²) in [4.78, 5) is 29.2. The molecule has 3 heterocycles. The number of amides is 1. The number of sulfonamides is 1. The summed E-state index contributed by atoms with van der Waals surface area (Å²) >= 11 is 1.36. The van der Waals surface area contributed by atoms with Crippen LogP contribution in [0.5, 0.6) is 5.75 Å². The van der Waals surface area contributed by atoms with E-state index in [1.807, 2.05) is 24.3 Å². The number of thiazole rings is 1. The van der Waals surface area contributed by atoms with Crippen molar-refractivity contribution < 1.29 is 17.9 Å². The van der Waals surface area contributed by atoms with Crippen molar-refractivity contribution in [2.24, 2.45) is 0 Å². The standard InChI is InChI=1S/C25H25N7O4S2/c1-36-22-5-3-2-4-20(22)28-25-29-21(16-37-25)24(33)32-14-12-31(13-15-32)18-6-8-19(9-7-18)38(34,35)30-23-10-11-26-17-27-23/h2-11,16-17H,12-15H2,1H3,(H,28,29)(H,26,27,30). The van der Waals surface area contributed by atoms with Crippen molar-refractivity contribution in [2.75, 3.05) is 48.2 Å². The van der Waals surface area contributed by atoms with Crippen LogP contribution in [0.4, 0.5) is 22.3 Å². The first kappa shape index (κ1) is 25.4. The maximum atomic E-state index is 13.1. The number of nitrogens with zero attached hydrogens (tertiary/aromatic N) is 5. The van der Waals surface area contributed by atoms with E-state index in [1.165, 1.54) is 29.9 Å². The molecule has 11 nitrogen and oxygen atoms in total. The molecule has 38 heavy (non-hydrogen) atoms. The third-order valence-corrected chi connectivity index (χ3v) is 8.10. The highest BCUT2D eigenvalue weighted by Gasteiger charge is 2.25. The van der Waals surface area contributed by atoms with Gasteiger partial charge in [-0.3, -0.25) is 9.52 Å². The molecule has 2 aromatic heterocycles. The molecule has 0 saturated carbocycles. The molecular weight excluding hydrogens is 526 g/mol. The smallest absolute Gasteiger partial charge is 0.273 e. The van der Waals surface area contributed by atoms with Gasteiger partial charge < -0.3 is 19.9 Å². The molecule has 196 valence electrons. The first-order valence-electron chi connectivity index (χ1n) is 11.7. The van der Waals surface area contributed by atoms with Gasteiger partial charge in [0.05, 0.1) is 17.7 Å². The molecule has 0 bridgehead atoms. The topological polar surface area (TPSA) is 130 Å². The van der Waals surface area contributed by atoms with Gasteiger partial charge in [-0.1, -0.05) is 12.1 Å². The second-order valence-electron chi connectivity index (χ2n) is 8.34. The maximum Gasteiger partial charge on any atom is 0.273 e. The van der Waals surface area contributed by atoms with Crippen molar-refractivity contribution in [3.8, 4) is 5.75 Å². The van der Waals surface area contributed by atoms with Gasteiger partial charge in [0.15, 0.2) is 5.13 Å². The average Bonchev–Trinajstić information content (AvgIpc) is 3.42. The summed E-state index contributed by atoms with van der Waals surface area (Å²) < 4.78 is 33.1. The Hall–Kier alpha value is -4.23. The fraction of sp³-hybridized carbons (Fsp3) is 0.200. The summed E-state index contributed by atoms with van der Waals surface area (Å²) in [6, 6.07) is 15.6. The number of ether oxygens (including phenoxy) is 1. The molecule has 4 aromatic rings. The summed E-state index contributed by atoms with van der Waals surface area (Å²) in [5, 5.41) is 5.57. The van der Waals surface area contributed by atoms with Gasteiger partial charge in [-0.15, -0.1) is 11.3 Å². The lowest BCUT2D eigenvalue weighted by Gasteiger charge is -2.35. The predicted molar refractivity (Wildman–Crippen MR) is 146 cm³/mol. The quantitative estimate of drug-likeness (QED) is 0.338. The molecule has 0 spiro atoms. The van der Waals surface area contributed by atoms with Crippen molar-refractivity contribution in [3.05, 3.63) is 78.2 Å². The van der Waals surface area contributed by atoms with Gasteiger partial charge in [0.2, 0.25) is 0 Å². The highest BCUT2D eigenvalue weighted by Crippen LogP contribution is 2.29. The average molecular weight is 552 g/mol. The number of piperazine rings is 1. The van der Waals surface area contributed by atoms with E-state index in [0.29, 0.717) is 42.8 Å². The zero-order valence-electron chi connectivity index (χ0n) is 20.4. The molecule has 2 N–H and O–H groups in total. The Morgan fingerprint density at radius 1 is 1.03 bits per heavy atom. The third kappa shape index (κ3) is 5.68. The van der Waals surface area contributed by atoms with Crippen molar-refractivity contribution in [3.63, 3.8) is 0 Å². The number of hydrogen-bond acceptors (Lipinski definition) is 10. The fourth-order valence-electron chi connectivity index (χ4n) is 4.01. The molecule has 5 rings (SSSR count). The third-order valence-electron chi connectivity index (χ3n) is 5.97. The van der Waals surface area contributed by atoms with Crippen molar-refractivity contribution >= 4 is 49.6 Å². The second kappa shape index (κ2) is 11.0. The monoisotopic (exact) mass is 551 g/mol. The Balaban J connectivity index is 1.17. The van der Waals surface area contributed by atoms with Crippen molar-refractivity contribution in [1.82, 2.24) is 19.9 Å². The van der Waals surface area contributed by atoms with Crippen LogP contribution in [0.25, 0.3) is 0 Å². The molecule has 0 aliphatic carbocycles. The van der Waals surface area contributed by atoms with Crippen LogP contribution in [-0.2, 0) is 10.0 Å². The number of rotatable bonds is 8. The Kier molecular flexibility index (Phi) is 7.38. The van der Waals surface area contributed by atoms with Gasteiger partial charge in [-0.25, -0.2) is 23.4 Å². The van der Waals surface area contributed by atoms with Crippen LogP contribution in [0.1, 0.15) is 10.5 Å². The Bertz CT molecular complexity index is 1500. The maximum absolute atomic E-state index is 13.1. The highest BCUT2D eigenvalue weighted by molar-refractivity contribution is 7.92. The molecule has 0 atom stereocenters. The van der Waals surface area contributed by atoms with Crippen LogP contribution < -0.4 is 19.7 Å².